The Balaban J connectivity index is 3.85. The summed E-state index contributed by atoms with van der Waals surface area (Å²) in [5, 5.41) is 12.3. The van der Waals surface area contributed by atoms with E-state index >= 15 is 0 Å². The number of amides is 2. The van der Waals surface area contributed by atoms with Crippen LogP contribution in [0.3, 0.4) is 0 Å². The minimum Gasteiger partial charge on any atom is -0.379 e. The molecule has 0 spiro atoms. The molecule has 18 nitrogen and oxygen atoms in total. The van der Waals surface area contributed by atoms with Crippen LogP contribution in [0.4, 0.5) is 0 Å². The fourth-order valence-corrected chi connectivity index (χ4v) is 3.17. The van der Waals surface area contributed by atoms with Gasteiger partial charge in [-0.2, -0.15) is 0 Å². The minimum absolute atomic E-state index is 0.116. The first-order valence-corrected chi connectivity index (χ1v) is 14.5. The Hall–Kier alpha value is -2.76. The van der Waals surface area contributed by atoms with Gasteiger partial charge in [-0.3, -0.25) is 9.59 Å². The fourth-order valence-electron chi connectivity index (χ4n) is 3.17. The van der Waals surface area contributed by atoms with E-state index in [1.54, 1.807) is 0 Å². The first-order chi connectivity index (χ1) is 21.2. The van der Waals surface area contributed by atoms with Gasteiger partial charge in [0.25, 0.3) is 0 Å². The molecule has 0 aromatic carbocycles. The lowest BCUT2D eigenvalue weighted by molar-refractivity contribution is -0.130. The molecule has 0 aliphatic carbocycles. The maximum atomic E-state index is 12.6. The monoisotopic (exact) mass is 619 g/mol. The first-order valence-electron chi connectivity index (χ1n) is 14.5. The van der Waals surface area contributed by atoms with Gasteiger partial charge in [0.1, 0.15) is 6.04 Å². The molecule has 248 valence electrons. The zero-order valence-corrected chi connectivity index (χ0v) is 25.1. The van der Waals surface area contributed by atoms with E-state index in [1.807, 2.05) is 0 Å². The summed E-state index contributed by atoms with van der Waals surface area (Å²) in [4.78, 5) is 30.3. The van der Waals surface area contributed by atoms with Crippen LogP contribution in [0.15, 0.2) is 10.2 Å². The van der Waals surface area contributed by atoms with Gasteiger partial charge in [-0.15, -0.1) is 0 Å². The van der Waals surface area contributed by atoms with Crippen LogP contribution in [0.2, 0.25) is 0 Å². The Morgan fingerprint density at radius 3 is 1.56 bits per heavy atom. The molecule has 0 saturated carbocycles. The maximum absolute atomic E-state index is 12.6. The van der Waals surface area contributed by atoms with Gasteiger partial charge in [-0.05, 0) is 36.9 Å². The number of azide groups is 2. The molecule has 0 aromatic heterocycles. The standard InChI is InChI=1S/C25H49N9O9/c26-5-2-1-3-23(25(36)29-6-10-38-14-18-42-19-15-39-11-7-30-33-27)32-24(35)4-9-37-13-17-41-21-22-43-20-16-40-12-8-31-34-28/h23H,1-22,26H2,(H,29,36)(H,32,35)/t23-/m0/s1. The summed E-state index contributed by atoms with van der Waals surface area (Å²) in [6, 6.07) is -0.666. The topological polar surface area (TPSA) is 246 Å². The van der Waals surface area contributed by atoms with Crippen LogP contribution in [-0.4, -0.2) is 137 Å². The van der Waals surface area contributed by atoms with Crippen LogP contribution in [0, 0.1) is 0 Å². The Kier molecular flexibility index (Phi) is 31.6. The highest BCUT2D eigenvalue weighted by molar-refractivity contribution is 5.87. The molecule has 0 unspecified atom stereocenters. The molecule has 43 heavy (non-hydrogen) atoms. The molecular formula is C25H49N9O9. The van der Waals surface area contributed by atoms with E-state index < -0.39 is 6.04 Å². The van der Waals surface area contributed by atoms with Crippen LogP contribution >= 0.6 is 0 Å². The third kappa shape index (κ3) is 30.5. The zero-order chi connectivity index (χ0) is 31.5. The highest BCUT2D eigenvalue weighted by atomic mass is 16.6. The number of unbranched alkanes of at least 4 members (excludes halogenated alkanes) is 1. The Bertz CT molecular complexity index is 770. The molecule has 1 atom stereocenters. The van der Waals surface area contributed by atoms with E-state index in [0.29, 0.717) is 118 Å². The summed E-state index contributed by atoms with van der Waals surface area (Å²) in [6.07, 6.45) is 2.06. The second-order valence-corrected chi connectivity index (χ2v) is 8.64. The van der Waals surface area contributed by atoms with Crippen molar-refractivity contribution in [3.05, 3.63) is 20.9 Å². The molecule has 2 amide bonds. The molecule has 0 radical (unpaired) electrons. The maximum Gasteiger partial charge on any atom is 0.242 e. The molecule has 0 aliphatic heterocycles. The lowest BCUT2D eigenvalue weighted by Crippen LogP contribution is -2.47. The smallest absolute Gasteiger partial charge is 0.242 e. The molecule has 0 fully saturated rings. The van der Waals surface area contributed by atoms with Gasteiger partial charge in [-0.1, -0.05) is 10.2 Å². The number of nitrogens with one attached hydrogen (secondary N) is 2. The molecule has 0 aliphatic rings. The quantitative estimate of drug-likeness (QED) is 0.0404. The van der Waals surface area contributed by atoms with Gasteiger partial charge in [0.05, 0.1) is 92.5 Å². The molecule has 18 heteroatoms. The summed E-state index contributed by atoms with van der Waals surface area (Å²) < 4.78 is 37.4. The predicted molar refractivity (Wildman–Crippen MR) is 156 cm³/mol. The summed E-state index contributed by atoms with van der Waals surface area (Å²) >= 11 is 0. The number of ether oxygens (including phenoxy) is 7. The van der Waals surface area contributed by atoms with Gasteiger partial charge in [0, 0.05) is 35.9 Å². The fraction of sp³-hybridized carbons (Fsp3) is 0.920. The van der Waals surface area contributed by atoms with Gasteiger partial charge in [-0.25, -0.2) is 0 Å². The number of rotatable bonds is 33. The highest BCUT2D eigenvalue weighted by Gasteiger charge is 2.20. The van der Waals surface area contributed by atoms with Crippen LogP contribution in [-0.2, 0) is 42.7 Å². The van der Waals surface area contributed by atoms with Crippen molar-refractivity contribution in [2.24, 2.45) is 16.0 Å². The molecule has 0 saturated heterocycles. The largest absolute Gasteiger partial charge is 0.379 e. The van der Waals surface area contributed by atoms with Crippen LogP contribution in [0.5, 0.6) is 0 Å². The van der Waals surface area contributed by atoms with E-state index in [4.69, 9.17) is 50.0 Å². The summed E-state index contributed by atoms with van der Waals surface area (Å²) in [5.74, 6) is -0.557. The molecule has 0 aromatic rings. The van der Waals surface area contributed by atoms with E-state index in [2.05, 4.69) is 30.7 Å². The third-order valence-corrected chi connectivity index (χ3v) is 5.28. The van der Waals surface area contributed by atoms with Gasteiger partial charge < -0.3 is 49.5 Å². The number of nitrogens with zero attached hydrogens (tertiary/aromatic N) is 6. The second kappa shape index (κ2) is 33.7. The lowest BCUT2D eigenvalue weighted by Gasteiger charge is -2.18. The van der Waals surface area contributed by atoms with Gasteiger partial charge in [0.15, 0.2) is 0 Å². The van der Waals surface area contributed by atoms with E-state index in [9.17, 15) is 9.59 Å². The number of hydrogen-bond donors (Lipinski definition) is 3. The SMILES string of the molecule is [N-]=[N+]=NCCOCCOCCOCCNC(=O)[C@H](CCCCN)NC(=O)CCOCCOCCOCCOCCN=[N+]=[N-]. The highest BCUT2D eigenvalue weighted by Crippen LogP contribution is 2.02. The summed E-state index contributed by atoms with van der Waals surface area (Å²) in [6.45, 7) is 6.47. The Morgan fingerprint density at radius 2 is 1.09 bits per heavy atom. The summed E-state index contributed by atoms with van der Waals surface area (Å²) in [7, 11) is 0. The molecule has 0 rings (SSSR count). The normalized spacial score (nSPS) is 11.4. The van der Waals surface area contributed by atoms with E-state index in [1.165, 1.54) is 0 Å². The van der Waals surface area contributed by atoms with Gasteiger partial charge >= 0.3 is 0 Å². The van der Waals surface area contributed by atoms with Crippen molar-refractivity contribution in [2.75, 3.05) is 119 Å². The molecule has 4 N–H and O–H groups in total. The zero-order valence-electron chi connectivity index (χ0n) is 25.1. The average molecular weight is 620 g/mol. The number of carbonyl (C=O) groups excluding carboxylic acids is 2. The molecule has 0 heterocycles. The van der Waals surface area contributed by atoms with Crippen LogP contribution < -0.4 is 16.4 Å². The van der Waals surface area contributed by atoms with Crippen molar-refractivity contribution in [3.63, 3.8) is 0 Å². The van der Waals surface area contributed by atoms with Crippen LogP contribution in [0.1, 0.15) is 25.7 Å². The summed E-state index contributed by atoms with van der Waals surface area (Å²) in [5.41, 5.74) is 21.9. The third-order valence-electron chi connectivity index (χ3n) is 5.28. The van der Waals surface area contributed by atoms with Crippen LogP contribution in [0.25, 0.3) is 20.9 Å². The van der Waals surface area contributed by atoms with Crippen molar-refractivity contribution in [3.8, 4) is 0 Å². The Labute approximate surface area is 252 Å². The van der Waals surface area contributed by atoms with Crippen molar-refractivity contribution in [1.82, 2.24) is 10.6 Å². The molecule has 0 bridgehead atoms. The molecular weight excluding hydrogens is 570 g/mol. The first kappa shape index (κ1) is 40.2. The van der Waals surface area contributed by atoms with Crippen molar-refractivity contribution in [1.29, 1.82) is 0 Å². The minimum atomic E-state index is -0.666. The Morgan fingerprint density at radius 1 is 0.651 bits per heavy atom. The second-order valence-electron chi connectivity index (χ2n) is 8.64. The van der Waals surface area contributed by atoms with Crippen molar-refractivity contribution >= 4 is 11.8 Å². The van der Waals surface area contributed by atoms with E-state index in [0.717, 1.165) is 6.42 Å². The number of nitrogens with two attached hydrogens (primary N) is 1. The van der Waals surface area contributed by atoms with E-state index in [-0.39, 0.29) is 31.4 Å². The lowest BCUT2D eigenvalue weighted by atomic mass is 10.1. The number of carbonyl (C=O) groups is 2. The number of hydrogen-bond acceptors (Lipinski definition) is 12. The average Bonchev–Trinajstić information content (AvgIpc) is 3.00. The predicted octanol–water partition coefficient (Wildman–Crippen LogP) is 0.843. The van der Waals surface area contributed by atoms with Crippen molar-refractivity contribution < 1.29 is 42.7 Å². The van der Waals surface area contributed by atoms with Crippen molar-refractivity contribution in [2.45, 2.75) is 31.7 Å². The van der Waals surface area contributed by atoms with Gasteiger partial charge in [0.2, 0.25) is 11.8 Å².